The summed E-state index contributed by atoms with van der Waals surface area (Å²) in [6.07, 6.45) is 0. The van der Waals surface area contributed by atoms with Crippen molar-refractivity contribution in [2.24, 2.45) is 0 Å². The zero-order chi connectivity index (χ0) is 15.1. The lowest BCUT2D eigenvalue weighted by atomic mass is 10.1. The Morgan fingerprint density at radius 1 is 1.05 bits per heavy atom. The summed E-state index contributed by atoms with van der Waals surface area (Å²) >= 11 is 5.87. The summed E-state index contributed by atoms with van der Waals surface area (Å²) in [5.74, 6) is -0.900. The number of carbonyl (C=O) groups excluding carboxylic acids is 2. The van der Waals surface area contributed by atoms with Gasteiger partial charge in [-0.05, 0) is 36.4 Å². The Morgan fingerprint density at radius 2 is 1.76 bits per heavy atom. The van der Waals surface area contributed by atoms with Crippen LogP contribution in [0.15, 0.2) is 36.4 Å². The van der Waals surface area contributed by atoms with Crippen LogP contribution in [0, 0.1) is 0 Å². The Kier molecular flexibility index (Phi) is 3.16. The molecule has 1 heterocycles. The fraction of sp³-hybridized carbons (Fsp3) is 0.0667. The van der Waals surface area contributed by atoms with Gasteiger partial charge in [-0.15, -0.1) is 0 Å². The van der Waals surface area contributed by atoms with Gasteiger partial charge in [-0.1, -0.05) is 11.6 Å². The number of halogens is 1. The average Bonchev–Trinajstić information content (AvgIpc) is 2.71. The number of nitrogen functional groups attached to an aromatic ring is 1. The normalized spacial score (nSPS) is 13.7. The summed E-state index contributed by atoms with van der Waals surface area (Å²) in [5.41, 5.74) is 7.40. The quantitative estimate of drug-likeness (QED) is 0.658. The molecule has 5 nitrogen and oxygen atoms in total. The maximum atomic E-state index is 12.4. The smallest absolute Gasteiger partial charge is 0.266 e. The first-order chi connectivity index (χ1) is 10.0. The molecule has 0 aromatic heterocycles. The van der Waals surface area contributed by atoms with Crippen molar-refractivity contribution in [1.29, 1.82) is 0 Å². The summed E-state index contributed by atoms with van der Waals surface area (Å²) in [7, 11) is 0. The lowest BCUT2D eigenvalue weighted by Gasteiger charge is -2.17. The lowest BCUT2D eigenvalue weighted by Crippen LogP contribution is -2.30. The molecule has 0 saturated carbocycles. The van der Waals surface area contributed by atoms with Gasteiger partial charge in [0.2, 0.25) is 0 Å². The molecule has 0 fully saturated rings. The molecule has 1 aliphatic rings. The highest BCUT2D eigenvalue weighted by atomic mass is 35.5. The SMILES string of the molecule is Nc1ccc(N2C(=O)c3ccc(Cl)cc3C2=O)c(CO)c1. The highest BCUT2D eigenvalue weighted by molar-refractivity contribution is 6.36. The summed E-state index contributed by atoms with van der Waals surface area (Å²) in [5, 5.41) is 9.80. The number of nitrogens with two attached hydrogens (primary N) is 1. The number of hydrogen-bond donors (Lipinski definition) is 2. The van der Waals surface area contributed by atoms with Crippen molar-refractivity contribution in [3.8, 4) is 0 Å². The van der Waals surface area contributed by atoms with E-state index in [0.717, 1.165) is 4.90 Å². The van der Waals surface area contributed by atoms with E-state index in [2.05, 4.69) is 0 Å². The monoisotopic (exact) mass is 302 g/mol. The second-order valence-corrected chi connectivity index (χ2v) is 5.12. The number of imide groups is 1. The maximum Gasteiger partial charge on any atom is 0.266 e. The van der Waals surface area contributed by atoms with Gasteiger partial charge in [0.05, 0.1) is 23.4 Å². The van der Waals surface area contributed by atoms with Crippen LogP contribution in [0.4, 0.5) is 11.4 Å². The zero-order valence-corrected chi connectivity index (χ0v) is 11.6. The van der Waals surface area contributed by atoms with E-state index < -0.39 is 11.8 Å². The molecule has 21 heavy (non-hydrogen) atoms. The molecule has 6 heteroatoms. The molecule has 2 aromatic carbocycles. The average molecular weight is 303 g/mol. The van der Waals surface area contributed by atoms with Gasteiger partial charge < -0.3 is 10.8 Å². The van der Waals surface area contributed by atoms with Crippen LogP contribution in [-0.4, -0.2) is 16.9 Å². The molecule has 0 bridgehead atoms. The maximum absolute atomic E-state index is 12.4. The summed E-state index contributed by atoms with van der Waals surface area (Å²) in [6.45, 7) is -0.325. The fourth-order valence-electron chi connectivity index (χ4n) is 2.38. The van der Waals surface area contributed by atoms with Crippen LogP contribution in [0.25, 0.3) is 0 Å². The molecule has 1 aliphatic heterocycles. The number of anilines is 2. The van der Waals surface area contributed by atoms with Gasteiger partial charge in [0.25, 0.3) is 11.8 Å². The number of benzene rings is 2. The standard InChI is InChI=1S/C15H11ClN2O3/c16-9-1-3-11-12(6-9)15(21)18(14(11)20)13-4-2-10(17)5-8(13)7-19/h1-6,19H,7,17H2. The molecule has 0 aliphatic carbocycles. The molecule has 0 atom stereocenters. The van der Waals surface area contributed by atoms with Gasteiger partial charge in [-0.2, -0.15) is 0 Å². The van der Waals surface area contributed by atoms with E-state index in [4.69, 9.17) is 17.3 Å². The van der Waals surface area contributed by atoms with Crippen LogP contribution in [-0.2, 0) is 6.61 Å². The van der Waals surface area contributed by atoms with Crippen molar-refractivity contribution in [2.45, 2.75) is 6.61 Å². The van der Waals surface area contributed by atoms with Crippen molar-refractivity contribution < 1.29 is 14.7 Å². The fourth-order valence-corrected chi connectivity index (χ4v) is 2.55. The predicted octanol–water partition coefficient (Wildman–Crippen LogP) is 2.22. The van der Waals surface area contributed by atoms with Gasteiger partial charge >= 0.3 is 0 Å². The van der Waals surface area contributed by atoms with Crippen molar-refractivity contribution >= 4 is 34.8 Å². The lowest BCUT2D eigenvalue weighted by molar-refractivity contribution is 0.0925. The van der Waals surface area contributed by atoms with E-state index in [1.54, 1.807) is 18.2 Å². The predicted molar refractivity (Wildman–Crippen MR) is 79.4 cm³/mol. The molecule has 3 rings (SSSR count). The molecule has 3 N–H and O–H groups in total. The topological polar surface area (TPSA) is 83.6 Å². The van der Waals surface area contributed by atoms with E-state index in [9.17, 15) is 14.7 Å². The first-order valence-corrected chi connectivity index (χ1v) is 6.58. The molecule has 106 valence electrons. The molecule has 2 aromatic rings. The highest BCUT2D eigenvalue weighted by Gasteiger charge is 2.37. The zero-order valence-electron chi connectivity index (χ0n) is 10.8. The Labute approximate surface area is 125 Å². The molecule has 0 saturated heterocycles. The second-order valence-electron chi connectivity index (χ2n) is 4.68. The largest absolute Gasteiger partial charge is 0.399 e. The third kappa shape index (κ3) is 2.07. The first-order valence-electron chi connectivity index (χ1n) is 6.20. The third-order valence-electron chi connectivity index (χ3n) is 3.36. The number of fused-ring (bicyclic) bond motifs is 1. The van der Waals surface area contributed by atoms with Crippen LogP contribution < -0.4 is 10.6 Å². The van der Waals surface area contributed by atoms with E-state index >= 15 is 0 Å². The molecular formula is C15H11ClN2O3. The van der Waals surface area contributed by atoms with Crippen LogP contribution >= 0.6 is 11.6 Å². The van der Waals surface area contributed by atoms with E-state index in [0.29, 0.717) is 27.5 Å². The Bertz CT molecular complexity index is 774. The van der Waals surface area contributed by atoms with Crippen LogP contribution in [0.1, 0.15) is 26.3 Å². The number of amides is 2. The summed E-state index contributed by atoms with van der Waals surface area (Å²) < 4.78 is 0. The summed E-state index contributed by atoms with van der Waals surface area (Å²) in [4.78, 5) is 25.9. The van der Waals surface area contributed by atoms with Gasteiger partial charge in [-0.25, -0.2) is 4.90 Å². The number of hydrogen-bond acceptors (Lipinski definition) is 4. The van der Waals surface area contributed by atoms with Gasteiger partial charge in [0, 0.05) is 16.3 Å². The Balaban J connectivity index is 2.14. The molecule has 0 spiro atoms. The van der Waals surface area contributed by atoms with Crippen molar-refractivity contribution in [1.82, 2.24) is 0 Å². The van der Waals surface area contributed by atoms with Crippen LogP contribution in [0.2, 0.25) is 5.02 Å². The molecule has 0 radical (unpaired) electrons. The molecule has 2 amide bonds. The minimum Gasteiger partial charge on any atom is -0.399 e. The van der Waals surface area contributed by atoms with Gasteiger partial charge in [0.1, 0.15) is 0 Å². The highest BCUT2D eigenvalue weighted by Crippen LogP contribution is 2.32. The number of carbonyl (C=O) groups is 2. The summed E-state index contributed by atoms with van der Waals surface area (Å²) in [6, 6.07) is 9.20. The third-order valence-corrected chi connectivity index (χ3v) is 3.60. The number of rotatable bonds is 2. The minimum atomic E-state index is -0.461. The van der Waals surface area contributed by atoms with E-state index in [-0.39, 0.29) is 12.2 Å². The molecule has 0 unspecified atom stereocenters. The van der Waals surface area contributed by atoms with Crippen LogP contribution in [0.5, 0.6) is 0 Å². The van der Waals surface area contributed by atoms with Crippen molar-refractivity contribution in [3.63, 3.8) is 0 Å². The minimum absolute atomic E-state index is 0.258. The van der Waals surface area contributed by atoms with Crippen molar-refractivity contribution in [3.05, 3.63) is 58.1 Å². The Morgan fingerprint density at radius 3 is 2.48 bits per heavy atom. The number of nitrogens with zero attached hydrogens (tertiary/aromatic N) is 1. The van der Waals surface area contributed by atoms with Crippen molar-refractivity contribution in [2.75, 3.05) is 10.6 Å². The van der Waals surface area contributed by atoms with E-state index in [1.807, 2.05) is 0 Å². The number of aliphatic hydroxyl groups excluding tert-OH is 1. The van der Waals surface area contributed by atoms with Crippen LogP contribution in [0.3, 0.4) is 0 Å². The first kappa shape index (κ1) is 13.6. The van der Waals surface area contributed by atoms with Gasteiger partial charge in [-0.3, -0.25) is 9.59 Å². The second kappa shape index (κ2) is 4.87. The molecular weight excluding hydrogens is 292 g/mol. The Hall–Kier alpha value is -2.37. The van der Waals surface area contributed by atoms with E-state index in [1.165, 1.54) is 18.2 Å². The van der Waals surface area contributed by atoms with Gasteiger partial charge in [0.15, 0.2) is 0 Å². The number of aliphatic hydroxyl groups is 1.